The molecule has 0 amide bonds. The lowest BCUT2D eigenvalue weighted by Crippen LogP contribution is -2.30. The lowest BCUT2D eigenvalue weighted by atomic mass is 10.1. The summed E-state index contributed by atoms with van der Waals surface area (Å²) in [5, 5.41) is 23.0. The molecule has 1 rings (SSSR count). The summed E-state index contributed by atoms with van der Waals surface area (Å²) < 4.78 is 0. The molecule has 0 saturated carbocycles. The predicted molar refractivity (Wildman–Crippen MR) is 75.2 cm³/mol. The van der Waals surface area contributed by atoms with E-state index in [9.17, 15) is 5.11 Å². The van der Waals surface area contributed by atoms with Gasteiger partial charge >= 0.3 is 0 Å². The highest BCUT2D eigenvalue weighted by molar-refractivity contribution is 6.33. The summed E-state index contributed by atoms with van der Waals surface area (Å²) in [5.41, 5.74) is 0.631. The van der Waals surface area contributed by atoms with Crippen molar-refractivity contribution in [2.75, 3.05) is 13.2 Å². The molecule has 102 valence electrons. The van der Waals surface area contributed by atoms with Gasteiger partial charge in [0, 0.05) is 34.8 Å². The first kappa shape index (κ1) is 15.7. The Balaban J connectivity index is 2.49. The zero-order chi connectivity index (χ0) is 13.5. The van der Waals surface area contributed by atoms with E-state index in [1.54, 1.807) is 18.2 Å². The van der Waals surface area contributed by atoms with Crippen molar-refractivity contribution in [3.8, 4) is 0 Å². The Morgan fingerprint density at radius 1 is 1.33 bits per heavy atom. The van der Waals surface area contributed by atoms with Crippen LogP contribution in [0.25, 0.3) is 0 Å². The van der Waals surface area contributed by atoms with Crippen LogP contribution >= 0.6 is 23.2 Å². The quantitative estimate of drug-likeness (QED) is 0.724. The molecule has 0 saturated heterocycles. The Kier molecular flexibility index (Phi) is 6.97. The molecule has 0 radical (unpaired) electrons. The maximum absolute atomic E-state index is 10.0. The van der Waals surface area contributed by atoms with Gasteiger partial charge in [-0.25, -0.2) is 0 Å². The SMILES string of the molecule is CC(CCCO)NCC(O)c1cc(Cl)ccc1Cl. The zero-order valence-electron chi connectivity index (χ0n) is 10.4. The van der Waals surface area contributed by atoms with E-state index in [4.69, 9.17) is 28.3 Å². The standard InChI is InChI=1S/C13H19Cl2NO2/c1-9(3-2-6-17)16-8-13(18)11-7-10(14)4-5-12(11)15/h4-5,7,9,13,16-18H,2-3,6,8H2,1H3. The van der Waals surface area contributed by atoms with Gasteiger partial charge in [-0.2, -0.15) is 0 Å². The van der Waals surface area contributed by atoms with Crippen LogP contribution in [0.3, 0.4) is 0 Å². The van der Waals surface area contributed by atoms with E-state index in [1.807, 2.05) is 6.92 Å². The molecule has 2 unspecified atom stereocenters. The van der Waals surface area contributed by atoms with Gasteiger partial charge in [-0.05, 0) is 38.0 Å². The molecule has 18 heavy (non-hydrogen) atoms. The smallest absolute Gasteiger partial charge is 0.0929 e. The lowest BCUT2D eigenvalue weighted by molar-refractivity contribution is 0.169. The van der Waals surface area contributed by atoms with Crippen LogP contribution in [0.15, 0.2) is 18.2 Å². The van der Waals surface area contributed by atoms with Crippen molar-refractivity contribution in [1.82, 2.24) is 5.32 Å². The molecule has 1 aromatic rings. The minimum absolute atomic E-state index is 0.189. The Bertz CT molecular complexity index is 374. The summed E-state index contributed by atoms with van der Waals surface area (Å²) in [6.45, 7) is 2.61. The third-order valence-electron chi connectivity index (χ3n) is 2.77. The Morgan fingerprint density at radius 3 is 2.72 bits per heavy atom. The average Bonchev–Trinajstić information content (AvgIpc) is 2.36. The van der Waals surface area contributed by atoms with E-state index < -0.39 is 6.10 Å². The molecule has 0 aliphatic heterocycles. The number of benzene rings is 1. The van der Waals surface area contributed by atoms with Crippen LogP contribution in [0, 0.1) is 0 Å². The molecule has 0 spiro atoms. The van der Waals surface area contributed by atoms with E-state index in [-0.39, 0.29) is 12.6 Å². The van der Waals surface area contributed by atoms with Gasteiger partial charge in [0.25, 0.3) is 0 Å². The van der Waals surface area contributed by atoms with Crippen molar-refractivity contribution in [1.29, 1.82) is 0 Å². The van der Waals surface area contributed by atoms with Gasteiger partial charge in [-0.1, -0.05) is 23.2 Å². The van der Waals surface area contributed by atoms with Crippen LogP contribution in [0.2, 0.25) is 10.0 Å². The highest BCUT2D eigenvalue weighted by Crippen LogP contribution is 2.26. The topological polar surface area (TPSA) is 52.5 Å². The van der Waals surface area contributed by atoms with Gasteiger partial charge in [-0.15, -0.1) is 0 Å². The normalized spacial score (nSPS) is 14.5. The molecule has 3 nitrogen and oxygen atoms in total. The molecule has 3 N–H and O–H groups in total. The van der Waals surface area contributed by atoms with Gasteiger partial charge in [0.05, 0.1) is 6.10 Å². The molecule has 0 aliphatic rings. The number of halogens is 2. The van der Waals surface area contributed by atoms with Crippen molar-refractivity contribution < 1.29 is 10.2 Å². The monoisotopic (exact) mass is 291 g/mol. The van der Waals surface area contributed by atoms with E-state index in [2.05, 4.69) is 5.32 Å². The number of hydrogen-bond acceptors (Lipinski definition) is 3. The summed E-state index contributed by atoms with van der Waals surface area (Å²) in [5.74, 6) is 0. The fourth-order valence-corrected chi connectivity index (χ4v) is 2.12. The number of nitrogens with one attached hydrogen (secondary N) is 1. The fourth-order valence-electron chi connectivity index (χ4n) is 1.69. The molecule has 0 bridgehead atoms. The summed E-state index contributed by atoms with van der Waals surface area (Å²) in [4.78, 5) is 0. The van der Waals surface area contributed by atoms with Crippen LogP contribution in [0.5, 0.6) is 0 Å². The van der Waals surface area contributed by atoms with Gasteiger partial charge in [0.2, 0.25) is 0 Å². The van der Waals surface area contributed by atoms with Crippen molar-refractivity contribution in [2.45, 2.75) is 31.9 Å². The second kappa shape index (κ2) is 7.97. The van der Waals surface area contributed by atoms with Gasteiger partial charge in [-0.3, -0.25) is 0 Å². The molecule has 5 heteroatoms. The predicted octanol–water partition coefficient (Wildman–Crippen LogP) is 2.78. The molecule has 0 heterocycles. The summed E-state index contributed by atoms with van der Waals surface area (Å²) in [6, 6.07) is 5.29. The van der Waals surface area contributed by atoms with Crippen molar-refractivity contribution in [3.05, 3.63) is 33.8 Å². The second-order valence-corrected chi connectivity index (χ2v) is 5.20. The Labute approximate surface area is 118 Å². The van der Waals surface area contributed by atoms with Crippen LogP contribution in [-0.4, -0.2) is 29.4 Å². The third kappa shape index (κ3) is 5.12. The largest absolute Gasteiger partial charge is 0.396 e. The number of hydrogen-bond donors (Lipinski definition) is 3. The van der Waals surface area contributed by atoms with E-state index in [0.717, 1.165) is 12.8 Å². The van der Waals surface area contributed by atoms with Crippen LogP contribution in [0.1, 0.15) is 31.4 Å². The molecular formula is C13H19Cl2NO2. The van der Waals surface area contributed by atoms with E-state index in [1.165, 1.54) is 0 Å². The van der Waals surface area contributed by atoms with Crippen LogP contribution < -0.4 is 5.32 Å². The zero-order valence-corrected chi connectivity index (χ0v) is 11.9. The van der Waals surface area contributed by atoms with Gasteiger partial charge in [0.1, 0.15) is 0 Å². The van der Waals surface area contributed by atoms with Gasteiger partial charge < -0.3 is 15.5 Å². The summed E-state index contributed by atoms with van der Waals surface area (Å²) in [7, 11) is 0. The molecule has 0 aromatic heterocycles. The van der Waals surface area contributed by atoms with Crippen molar-refractivity contribution >= 4 is 23.2 Å². The van der Waals surface area contributed by atoms with E-state index >= 15 is 0 Å². The second-order valence-electron chi connectivity index (χ2n) is 4.36. The van der Waals surface area contributed by atoms with Crippen molar-refractivity contribution in [3.63, 3.8) is 0 Å². The minimum atomic E-state index is -0.687. The maximum atomic E-state index is 10.0. The number of aliphatic hydroxyl groups is 2. The maximum Gasteiger partial charge on any atom is 0.0929 e. The van der Waals surface area contributed by atoms with Gasteiger partial charge in [0.15, 0.2) is 0 Å². The molecular weight excluding hydrogens is 273 g/mol. The Hall–Kier alpha value is -0.320. The summed E-state index contributed by atoms with van der Waals surface area (Å²) in [6.07, 6.45) is 0.932. The third-order valence-corrected chi connectivity index (χ3v) is 3.35. The highest BCUT2D eigenvalue weighted by Gasteiger charge is 2.13. The molecule has 0 aliphatic carbocycles. The minimum Gasteiger partial charge on any atom is -0.396 e. The number of aliphatic hydroxyl groups excluding tert-OH is 2. The number of rotatable bonds is 7. The molecule has 0 fully saturated rings. The summed E-state index contributed by atoms with van der Waals surface area (Å²) >= 11 is 11.9. The first-order chi connectivity index (χ1) is 8.54. The van der Waals surface area contributed by atoms with Crippen LogP contribution in [-0.2, 0) is 0 Å². The highest BCUT2D eigenvalue weighted by atomic mass is 35.5. The van der Waals surface area contributed by atoms with Crippen molar-refractivity contribution in [2.24, 2.45) is 0 Å². The molecule has 2 atom stereocenters. The van der Waals surface area contributed by atoms with E-state index in [0.29, 0.717) is 22.2 Å². The Morgan fingerprint density at radius 2 is 2.06 bits per heavy atom. The average molecular weight is 292 g/mol. The first-order valence-corrected chi connectivity index (χ1v) is 6.77. The lowest BCUT2D eigenvalue weighted by Gasteiger charge is -2.18. The fraction of sp³-hybridized carbons (Fsp3) is 0.538. The van der Waals surface area contributed by atoms with Crippen LogP contribution in [0.4, 0.5) is 0 Å². The molecule has 1 aromatic carbocycles. The first-order valence-electron chi connectivity index (χ1n) is 6.02.